The summed E-state index contributed by atoms with van der Waals surface area (Å²) in [6.07, 6.45) is 2.60. The Hall–Kier alpha value is -1.87. The zero-order valence-corrected chi connectivity index (χ0v) is 11.5. The van der Waals surface area contributed by atoms with Crippen molar-refractivity contribution in [3.8, 4) is 0 Å². The van der Waals surface area contributed by atoms with E-state index in [2.05, 4.69) is 28.6 Å². The summed E-state index contributed by atoms with van der Waals surface area (Å²) in [4.78, 5) is 16.1. The number of hydrogen-bond donors (Lipinski definition) is 1. The quantitative estimate of drug-likeness (QED) is 0.751. The second-order valence-electron chi connectivity index (χ2n) is 4.76. The number of H-pyrrole nitrogens is 1. The van der Waals surface area contributed by atoms with Gasteiger partial charge < -0.3 is 4.98 Å². The summed E-state index contributed by atoms with van der Waals surface area (Å²) >= 11 is 1.71. The number of nitrogens with one attached hydrogen (secondary N) is 1. The SMILES string of the molecule is CC(=O)C[C@H](c1cccs1)c1c[nH]c2ccccc12. The number of ketones is 1. The lowest BCUT2D eigenvalue weighted by atomic mass is 9.92. The lowest BCUT2D eigenvalue weighted by Crippen LogP contribution is -2.04. The maximum atomic E-state index is 11.6. The van der Waals surface area contributed by atoms with Crippen molar-refractivity contribution in [2.24, 2.45) is 0 Å². The van der Waals surface area contributed by atoms with E-state index in [0.29, 0.717) is 6.42 Å². The number of aromatic nitrogens is 1. The van der Waals surface area contributed by atoms with Gasteiger partial charge >= 0.3 is 0 Å². The summed E-state index contributed by atoms with van der Waals surface area (Å²) in [5.41, 5.74) is 2.34. The summed E-state index contributed by atoms with van der Waals surface area (Å²) < 4.78 is 0. The molecule has 0 aliphatic rings. The van der Waals surface area contributed by atoms with Crippen LogP contribution in [0.1, 0.15) is 29.7 Å². The topological polar surface area (TPSA) is 32.9 Å². The van der Waals surface area contributed by atoms with E-state index in [1.165, 1.54) is 15.8 Å². The molecule has 19 heavy (non-hydrogen) atoms. The fraction of sp³-hybridized carbons (Fsp3) is 0.188. The maximum absolute atomic E-state index is 11.6. The van der Waals surface area contributed by atoms with Gasteiger partial charge in [-0.25, -0.2) is 0 Å². The summed E-state index contributed by atoms with van der Waals surface area (Å²) in [5.74, 6) is 0.386. The number of Topliss-reactive ketones (excluding diaryl/α,β-unsaturated/α-hetero) is 1. The number of fused-ring (bicyclic) bond motifs is 1. The van der Waals surface area contributed by atoms with Gasteiger partial charge in [-0.05, 0) is 30.0 Å². The van der Waals surface area contributed by atoms with Crippen LogP contribution in [0.2, 0.25) is 0 Å². The van der Waals surface area contributed by atoms with Crippen molar-refractivity contribution in [3.05, 3.63) is 58.4 Å². The predicted molar refractivity (Wildman–Crippen MR) is 79.8 cm³/mol. The summed E-state index contributed by atoms with van der Waals surface area (Å²) in [5, 5.41) is 3.28. The van der Waals surface area contributed by atoms with Gasteiger partial charge in [-0.3, -0.25) is 4.79 Å². The highest BCUT2D eigenvalue weighted by Crippen LogP contribution is 2.35. The van der Waals surface area contributed by atoms with Crippen molar-refractivity contribution in [3.63, 3.8) is 0 Å². The zero-order valence-electron chi connectivity index (χ0n) is 10.7. The average Bonchev–Trinajstić information content (AvgIpc) is 3.05. The lowest BCUT2D eigenvalue weighted by molar-refractivity contribution is -0.117. The highest BCUT2D eigenvalue weighted by molar-refractivity contribution is 7.10. The van der Waals surface area contributed by atoms with Gasteiger partial charge in [0.2, 0.25) is 0 Å². The van der Waals surface area contributed by atoms with E-state index in [-0.39, 0.29) is 11.7 Å². The molecule has 3 heteroatoms. The highest BCUT2D eigenvalue weighted by Gasteiger charge is 2.20. The number of thiophene rings is 1. The Kier molecular flexibility index (Phi) is 3.22. The number of benzene rings is 1. The lowest BCUT2D eigenvalue weighted by Gasteiger charge is -2.13. The Labute approximate surface area is 116 Å². The van der Waals surface area contributed by atoms with Crippen LogP contribution in [0.25, 0.3) is 10.9 Å². The Balaban J connectivity index is 2.11. The van der Waals surface area contributed by atoms with Crippen LogP contribution in [0.3, 0.4) is 0 Å². The molecule has 2 aromatic heterocycles. The molecule has 0 unspecified atom stereocenters. The minimum atomic E-state index is 0.161. The Bertz CT molecular complexity index is 696. The molecule has 0 fully saturated rings. The molecule has 0 saturated heterocycles. The van der Waals surface area contributed by atoms with Gasteiger partial charge in [-0.1, -0.05) is 24.3 Å². The van der Waals surface area contributed by atoms with E-state index >= 15 is 0 Å². The van der Waals surface area contributed by atoms with Crippen LogP contribution in [0.4, 0.5) is 0 Å². The zero-order chi connectivity index (χ0) is 13.2. The van der Waals surface area contributed by atoms with Gasteiger partial charge in [0.05, 0.1) is 0 Å². The first kappa shape index (κ1) is 12.2. The third kappa shape index (κ3) is 2.34. The first-order chi connectivity index (χ1) is 9.25. The third-order valence-electron chi connectivity index (χ3n) is 3.37. The molecule has 0 aliphatic heterocycles. The largest absolute Gasteiger partial charge is 0.361 e. The molecule has 3 rings (SSSR count). The Morgan fingerprint density at radius 3 is 2.84 bits per heavy atom. The number of hydrogen-bond acceptors (Lipinski definition) is 2. The van der Waals surface area contributed by atoms with Crippen molar-refractivity contribution in [2.45, 2.75) is 19.3 Å². The van der Waals surface area contributed by atoms with Crippen LogP contribution in [0.5, 0.6) is 0 Å². The number of para-hydroxylation sites is 1. The second-order valence-corrected chi connectivity index (χ2v) is 5.74. The standard InChI is InChI=1S/C16H15NOS/c1-11(18)9-13(16-7-4-8-19-16)14-10-17-15-6-3-2-5-12(14)15/h2-8,10,13,17H,9H2,1H3/t13-/m0/s1. The molecule has 0 saturated carbocycles. The number of aromatic amines is 1. The van der Waals surface area contributed by atoms with Gasteiger partial charge in [0, 0.05) is 34.3 Å². The minimum Gasteiger partial charge on any atom is -0.361 e. The highest BCUT2D eigenvalue weighted by atomic mass is 32.1. The van der Waals surface area contributed by atoms with Crippen molar-refractivity contribution < 1.29 is 4.79 Å². The molecular weight excluding hydrogens is 254 g/mol. The monoisotopic (exact) mass is 269 g/mol. The average molecular weight is 269 g/mol. The molecule has 3 aromatic rings. The summed E-state index contributed by atoms with van der Waals surface area (Å²) in [6, 6.07) is 12.4. The van der Waals surface area contributed by atoms with Gasteiger partial charge in [-0.2, -0.15) is 0 Å². The summed E-state index contributed by atoms with van der Waals surface area (Å²) in [6.45, 7) is 1.66. The van der Waals surface area contributed by atoms with E-state index in [9.17, 15) is 4.79 Å². The van der Waals surface area contributed by atoms with Crippen LogP contribution in [-0.2, 0) is 4.79 Å². The Morgan fingerprint density at radius 2 is 2.11 bits per heavy atom. The predicted octanol–water partition coefficient (Wildman–Crippen LogP) is 4.34. The van der Waals surface area contributed by atoms with Crippen LogP contribution < -0.4 is 0 Å². The fourth-order valence-corrected chi connectivity index (χ4v) is 3.37. The van der Waals surface area contributed by atoms with Crippen LogP contribution >= 0.6 is 11.3 Å². The number of rotatable bonds is 4. The van der Waals surface area contributed by atoms with Gasteiger partial charge in [0.1, 0.15) is 5.78 Å². The maximum Gasteiger partial charge on any atom is 0.130 e. The first-order valence-corrected chi connectivity index (χ1v) is 7.22. The fourth-order valence-electron chi connectivity index (χ4n) is 2.52. The molecule has 2 heterocycles. The molecule has 0 spiro atoms. The Morgan fingerprint density at radius 1 is 1.26 bits per heavy atom. The smallest absolute Gasteiger partial charge is 0.130 e. The minimum absolute atomic E-state index is 0.161. The van der Waals surface area contributed by atoms with Crippen molar-refractivity contribution in [1.82, 2.24) is 4.98 Å². The van der Waals surface area contributed by atoms with Crippen molar-refractivity contribution in [2.75, 3.05) is 0 Å². The van der Waals surface area contributed by atoms with Crippen LogP contribution in [0, 0.1) is 0 Å². The van der Waals surface area contributed by atoms with Crippen molar-refractivity contribution >= 4 is 28.0 Å². The normalized spacial score (nSPS) is 12.7. The first-order valence-electron chi connectivity index (χ1n) is 6.34. The van der Waals surface area contributed by atoms with Crippen LogP contribution in [0.15, 0.2) is 48.0 Å². The van der Waals surface area contributed by atoms with Crippen LogP contribution in [-0.4, -0.2) is 10.8 Å². The molecule has 1 atom stereocenters. The van der Waals surface area contributed by atoms with Gasteiger partial charge in [-0.15, -0.1) is 11.3 Å². The van der Waals surface area contributed by atoms with E-state index in [1.54, 1.807) is 18.3 Å². The summed E-state index contributed by atoms with van der Waals surface area (Å²) in [7, 11) is 0. The van der Waals surface area contributed by atoms with Crippen molar-refractivity contribution in [1.29, 1.82) is 0 Å². The van der Waals surface area contributed by atoms with E-state index in [4.69, 9.17) is 0 Å². The second kappa shape index (κ2) is 5.02. The molecule has 0 amide bonds. The molecule has 0 aliphatic carbocycles. The molecule has 2 nitrogen and oxygen atoms in total. The van der Waals surface area contributed by atoms with Gasteiger partial charge in [0.25, 0.3) is 0 Å². The van der Waals surface area contributed by atoms with E-state index in [0.717, 1.165) is 5.52 Å². The van der Waals surface area contributed by atoms with Gasteiger partial charge in [0.15, 0.2) is 0 Å². The molecule has 96 valence electrons. The molecule has 0 bridgehead atoms. The number of carbonyl (C=O) groups excluding carboxylic acids is 1. The third-order valence-corrected chi connectivity index (χ3v) is 4.36. The van der Waals surface area contributed by atoms with E-state index < -0.39 is 0 Å². The molecular formula is C16H15NOS. The molecule has 0 radical (unpaired) electrons. The van der Waals surface area contributed by atoms with E-state index in [1.807, 2.05) is 24.4 Å². The number of carbonyl (C=O) groups is 1. The molecule has 1 aromatic carbocycles. The molecule has 1 N–H and O–H groups in total.